The molecule has 0 atom stereocenters. The van der Waals surface area contributed by atoms with Gasteiger partial charge in [0, 0.05) is 14.8 Å². The van der Waals surface area contributed by atoms with Gasteiger partial charge in [0.05, 0.1) is 19.4 Å². The molecule has 0 bridgehead atoms. The second kappa shape index (κ2) is 10.6. The average Bonchev–Trinajstić information content (AvgIpc) is 3.21. The van der Waals surface area contributed by atoms with Crippen molar-refractivity contribution < 1.29 is 14.3 Å². The summed E-state index contributed by atoms with van der Waals surface area (Å²) in [6.07, 6.45) is 0. The fourth-order valence-corrected chi connectivity index (χ4v) is 4.39. The predicted octanol–water partition coefficient (Wildman–Crippen LogP) is 3.70. The predicted molar refractivity (Wildman–Crippen MR) is 129 cm³/mol. The van der Waals surface area contributed by atoms with Crippen LogP contribution in [0.2, 0.25) is 0 Å². The maximum Gasteiger partial charge on any atom is 0.251 e. The Kier molecular flexibility index (Phi) is 7.91. The molecule has 1 aromatic heterocycles. The number of nitrogens with zero attached hydrogens (tertiary/aromatic N) is 2. The molecule has 0 saturated carbocycles. The molecule has 10 heteroatoms. The van der Waals surface area contributed by atoms with Crippen molar-refractivity contribution >= 4 is 51.9 Å². The first-order chi connectivity index (χ1) is 14.9. The minimum Gasteiger partial charge on any atom is -0.497 e. The van der Waals surface area contributed by atoms with Gasteiger partial charge in [-0.15, -0.1) is 5.10 Å². The second-order valence-electron chi connectivity index (χ2n) is 6.73. The molecule has 162 valence electrons. The van der Waals surface area contributed by atoms with Gasteiger partial charge in [-0.05, 0) is 84.0 Å². The van der Waals surface area contributed by atoms with Crippen LogP contribution in [0.4, 0.5) is 5.69 Å². The Bertz CT molecular complexity index is 1060. The molecule has 0 aliphatic heterocycles. The van der Waals surface area contributed by atoms with Gasteiger partial charge in [-0.3, -0.25) is 14.7 Å². The van der Waals surface area contributed by atoms with Crippen molar-refractivity contribution in [1.82, 2.24) is 20.5 Å². The van der Waals surface area contributed by atoms with E-state index >= 15 is 0 Å². The standard InChI is InChI=1S/C21H22IN5O3S/c1-12-8-15(22)9-13(2)19(12)25-18(28)11-31-21-24-17(26-27-21)10-23-20(29)14-4-6-16(30-3)7-5-14/h4-9H,10-11H2,1-3H3,(H,23,29)(H,25,28)(H,24,26,27). The summed E-state index contributed by atoms with van der Waals surface area (Å²) in [5, 5.41) is 13.0. The third-order valence-corrected chi connectivity index (χ3v) is 5.84. The fraction of sp³-hybridized carbons (Fsp3) is 0.238. The number of carbonyl (C=O) groups excluding carboxylic acids is 2. The van der Waals surface area contributed by atoms with E-state index in [-0.39, 0.29) is 24.1 Å². The zero-order valence-electron chi connectivity index (χ0n) is 17.3. The molecule has 3 aromatic rings. The topological polar surface area (TPSA) is 109 Å². The molecular formula is C21H22IN5O3S. The molecule has 0 fully saturated rings. The van der Waals surface area contributed by atoms with Crippen LogP contribution in [0.1, 0.15) is 27.3 Å². The minimum atomic E-state index is -0.226. The summed E-state index contributed by atoms with van der Waals surface area (Å²) in [5.41, 5.74) is 3.40. The van der Waals surface area contributed by atoms with Crippen LogP contribution in [0, 0.1) is 17.4 Å². The normalized spacial score (nSPS) is 10.6. The Morgan fingerprint density at radius 3 is 2.48 bits per heavy atom. The van der Waals surface area contributed by atoms with Gasteiger partial charge in [0.1, 0.15) is 11.6 Å². The van der Waals surface area contributed by atoms with Gasteiger partial charge in [0.25, 0.3) is 5.91 Å². The summed E-state index contributed by atoms with van der Waals surface area (Å²) in [7, 11) is 1.57. The number of methoxy groups -OCH3 is 1. The van der Waals surface area contributed by atoms with Gasteiger partial charge in [-0.25, -0.2) is 4.98 Å². The number of ether oxygens (including phenoxy) is 1. The van der Waals surface area contributed by atoms with Gasteiger partial charge < -0.3 is 15.4 Å². The van der Waals surface area contributed by atoms with Crippen molar-refractivity contribution in [3.8, 4) is 5.75 Å². The van der Waals surface area contributed by atoms with E-state index in [1.165, 1.54) is 11.8 Å². The van der Waals surface area contributed by atoms with E-state index in [4.69, 9.17) is 4.74 Å². The Hall–Kier alpha value is -2.60. The van der Waals surface area contributed by atoms with Crippen LogP contribution in [0.15, 0.2) is 41.6 Å². The van der Waals surface area contributed by atoms with Gasteiger partial charge in [0.2, 0.25) is 11.1 Å². The maximum absolute atomic E-state index is 12.3. The highest BCUT2D eigenvalue weighted by atomic mass is 127. The van der Waals surface area contributed by atoms with Gasteiger partial charge in [-0.2, -0.15) is 0 Å². The highest BCUT2D eigenvalue weighted by Gasteiger charge is 2.12. The zero-order valence-corrected chi connectivity index (χ0v) is 20.3. The fourth-order valence-electron chi connectivity index (χ4n) is 2.84. The largest absolute Gasteiger partial charge is 0.497 e. The number of H-pyrrole nitrogens is 1. The zero-order chi connectivity index (χ0) is 22.4. The van der Waals surface area contributed by atoms with Crippen LogP contribution in [0.25, 0.3) is 0 Å². The number of amides is 2. The summed E-state index contributed by atoms with van der Waals surface area (Å²) in [4.78, 5) is 28.9. The summed E-state index contributed by atoms with van der Waals surface area (Å²) >= 11 is 3.48. The summed E-state index contributed by atoms with van der Waals surface area (Å²) < 4.78 is 6.22. The molecule has 3 N–H and O–H groups in total. The van der Waals surface area contributed by atoms with Crippen molar-refractivity contribution in [2.24, 2.45) is 0 Å². The number of hydrogen-bond donors (Lipinski definition) is 3. The number of rotatable bonds is 8. The van der Waals surface area contributed by atoms with Crippen LogP contribution in [-0.4, -0.2) is 39.9 Å². The molecule has 2 amide bonds. The molecule has 1 heterocycles. The number of halogens is 1. The summed E-state index contributed by atoms with van der Waals surface area (Å²) in [5.74, 6) is 1.02. The van der Waals surface area contributed by atoms with Gasteiger partial charge in [-0.1, -0.05) is 11.8 Å². The number of aromatic amines is 1. The van der Waals surface area contributed by atoms with E-state index in [1.54, 1.807) is 31.4 Å². The van der Waals surface area contributed by atoms with Crippen molar-refractivity contribution in [1.29, 1.82) is 0 Å². The monoisotopic (exact) mass is 551 g/mol. The molecule has 31 heavy (non-hydrogen) atoms. The third-order valence-electron chi connectivity index (χ3n) is 4.37. The Morgan fingerprint density at radius 1 is 1.16 bits per heavy atom. The Morgan fingerprint density at radius 2 is 1.84 bits per heavy atom. The highest BCUT2D eigenvalue weighted by molar-refractivity contribution is 14.1. The molecule has 0 unspecified atom stereocenters. The molecule has 0 spiro atoms. The maximum atomic E-state index is 12.3. The first-order valence-electron chi connectivity index (χ1n) is 9.38. The van der Waals surface area contributed by atoms with Crippen LogP contribution in [0.3, 0.4) is 0 Å². The lowest BCUT2D eigenvalue weighted by molar-refractivity contribution is -0.113. The van der Waals surface area contributed by atoms with Crippen LogP contribution < -0.4 is 15.4 Å². The lowest BCUT2D eigenvalue weighted by Gasteiger charge is -2.11. The van der Waals surface area contributed by atoms with E-state index in [0.29, 0.717) is 22.3 Å². The number of aromatic nitrogens is 3. The number of nitrogens with one attached hydrogen (secondary N) is 3. The van der Waals surface area contributed by atoms with Crippen molar-refractivity contribution in [3.63, 3.8) is 0 Å². The third kappa shape index (κ3) is 6.44. The number of aryl methyl sites for hydroxylation is 2. The highest BCUT2D eigenvalue weighted by Crippen LogP contribution is 2.23. The van der Waals surface area contributed by atoms with Crippen LogP contribution in [-0.2, 0) is 11.3 Å². The van der Waals surface area contributed by atoms with Crippen LogP contribution >= 0.6 is 34.4 Å². The van der Waals surface area contributed by atoms with E-state index in [0.717, 1.165) is 20.4 Å². The number of thioether (sulfide) groups is 1. The van der Waals surface area contributed by atoms with Crippen molar-refractivity contribution in [3.05, 3.63) is 62.5 Å². The number of anilines is 1. The molecule has 0 aliphatic carbocycles. The molecular weight excluding hydrogens is 529 g/mol. The summed E-state index contributed by atoms with van der Waals surface area (Å²) in [6, 6.07) is 10.9. The van der Waals surface area contributed by atoms with Crippen molar-refractivity contribution in [2.75, 3.05) is 18.2 Å². The average molecular weight is 551 g/mol. The van der Waals surface area contributed by atoms with Crippen LogP contribution in [0.5, 0.6) is 5.75 Å². The quantitative estimate of drug-likeness (QED) is 0.291. The minimum absolute atomic E-state index is 0.128. The smallest absolute Gasteiger partial charge is 0.251 e. The van der Waals surface area contributed by atoms with E-state index in [9.17, 15) is 9.59 Å². The molecule has 0 aliphatic rings. The first kappa shape index (κ1) is 23.1. The van der Waals surface area contributed by atoms with Crippen molar-refractivity contribution in [2.45, 2.75) is 25.5 Å². The number of hydrogen-bond acceptors (Lipinski definition) is 6. The van der Waals surface area contributed by atoms with E-state index < -0.39 is 0 Å². The Balaban J connectivity index is 1.48. The lowest BCUT2D eigenvalue weighted by Crippen LogP contribution is -2.23. The molecule has 3 rings (SSSR count). The molecule has 2 aromatic carbocycles. The molecule has 0 radical (unpaired) electrons. The van der Waals surface area contributed by atoms with Gasteiger partial charge in [0.15, 0.2) is 0 Å². The molecule has 0 saturated heterocycles. The Labute approximate surface area is 198 Å². The van der Waals surface area contributed by atoms with Gasteiger partial charge >= 0.3 is 0 Å². The number of carbonyl (C=O) groups is 2. The van der Waals surface area contributed by atoms with E-state index in [2.05, 4.69) is 48.4 Å². The SMILES string of the molecule is COc1ccc(C(=O)NCc2nc(SCC(=O)Nc3c(C)cc(I)cc3C)n[nH]2)cc1. The lowest BCUT2D eigenvalue weighted by atomic mass is 10.1. The number of benzene rings is 2. The second-order valence-corrected chi connectivity index (χ2v) is 8.92. The molecule has 8 nitrogen and oxygen atoms in total. The summed E-state index contributed by atoms with van der Waals surface area (Å²) in [6.45, 7) is 4.14. The van der Waals surface area contributed by atoms with E-state index in [1.807, 2.05) is 26.0 Å². The first-order valence-corrected chi connectivity index (χ1v) is 11.4.